The van der Waals surface area contributed by atoms with Crippen LogP contribution in [0.25, 0.3) is 0 Å². The predicted octanol–water partition coefficient (Wildman–Crippen LogP) is -2.74. The van der Waals surface area contributed by atoms with Crippen LogP contribution in [0.1, 0.15) is 6.92 Å². The second-order valence-corrected chi connectivity index (χ2v) is 0.519. The van der Waals surface area contributed by atoms with Gasteiger partial charge in [0.25, 0.3) is 5.97 Å². The van der Waals surface area contributed by atoms with E-state index in [-0.39, 0.29) is 36.8 Å². The molecule has 46 valence electrons. The van der Waals surface area contributed by atoms with Crippen molar-refractivity contribution in [3.05, 3.63) is 0 Å². The van der Waals surface area contributed by atoms with Crippen molar-refractivity contribution in [2.45, 2.75) is 6.92 Å². The van der Waals surface area contributed by atoms with E-state index in [4.69, 9.17) is 9.90 Å². The number of carboxylic acids is 1. The number of carbonyl (C=O) groups is 1. The quantitative estimate of drug-likeness (QED) is 0.472. The molecule has 0 saturated heterocycles. The van der Waals surface area contributed by atoms with E-state index in [9.17, 15) is 0 Å². The van der Waals surface area contributed by atoms with Gasteiger partial charge in [0.15, 0.2) is 0 Å². The second-order valence-electron chi connectivity index (χ2n) is 0.519. The van der Waals surface area contributed by atoms with Crippen LogP contribution in [0.4, 0.5) is 0 Å². The Morgan fingerprint density at radius 3 is 1.43 bits per heavy atom. The van der Waals surface area contributed by atoms with Gasteiger partial charge in [-0.2, -0.15) is 0 Å². The van der Waals surface area contributed by atoms with Gasteiger partial charge in [-0.05, 0) is 0 Å². The molecular formula is C2H11InO4. The molecule has 0 unspecified atom stereocenters. The first-order valence-corrected chi connectivity index (χ1v) is 0.928. The maximum atomic E-state index is 9.00. The van der Waals surface area contributed by atoms with Crippen molar-refractivity contribution in [3.63, 3.8) is 0 Å². The van der Waals surface area contributed by atoms with Gasteiger partial charge in [-0.15, -0.1) is 0 Å². The summed E-state index contributed by atoms with van der Waals surface area (Å²) in [5.74, 6) is -0.833. The Kier molecular flexibility index (Phi) is 62.3. The molecule has 0 aliphatic rings. The molecule has 0 aromatic carbocycles. The summed E-state index contributed by atoms with van der Waals surface area (Å²) in [7, 11) is 0. The Bertz CT molecular complexity index is 32.7. The third kappa shape index (κ3) is 1680. The number of aliphatic carboxylic acids is 1. The van der Waals surface area contributed by atoms with Gasteiger partial charge in [-0.1, -0.05) is 0 Å². The van der Waals surface area contributed by atoms with Crippen LogP contribution in [0.2, 0.25) is 0 Å². The fraction of sp³-hybridized carbons (Fsp3) is 0.500. The number of rotatable bonds is 0. The van der Waals surface area contributed by atoms with E-state index >= 15 is 0 Å². The van der Waals surface area contributed by atoms with E-state index in [1.54, 1.807) is 0 Å². The van der Waals surface area contributed by atoms with Crippen LogP contribution in [0.3, 0.4) is 0 Å². The zero-order valence-electron chi connectivity index (χ0n) is 3.36. The van der Waals surface area contributed by atoms with Gasteiger partial charge in [0, 0.05) is 6.92 Å². The fourth-order valence-corrected chi connectivity index (χ4v) is 0. The van der Waals surface area contributed by atoms with Crippen molar-refractivity contribution in [2.24, 2.45) is 0 Å². The Labute approximate surface area is 59.9 Å². The van der Waals surface area contributed by atoms with Crippen LogP contribution in [-0.2, 0) is 4.79 Å². The van der Waals surface area contributed by atoms with Gasteiger partial charge in [-0.25, -0.2) is 0 Å². The van der Waals surface area contributed by atoms with Crippen molar-refractivity contribution in [3.8, 4) is 0 Å². The molecule has 0 radical (unpaired) electrons. The molecule has 4 nitrogen and oxygen atoms in total. The van der Waals surface area contributed by atoms with E-state index in [0.717, 1.165) is 6.92 Å². The molecule has 0 atom stereocenters. The zero-order valence-corrected chi connectivity index (χ0v) is 3.36. The van der Waals surface area contributed by atoms with Gasteiger partial charge in [0.2, 0.25) is 0 Å². The molecule has 0 rings (SSSR count). The predicted molar refractivity (Wildman–Crippen MR) is 30.5 cm³/mol. The summed E-state index contributed by atoms with van der Waals surface area (Å²) >= 11 is 0. The number of hydrogen-bond acceptors (Lipinski definition) is 1. The monoisotopic (exact) mass is 214 g/mol. The first-order valence-electron chi connectivity index (χ1n) is 0.928. The van der Waals surface area contributed by atoms with Crippen LogP contribution >= 0.6 is 0 Å². The van der Waals surface area contributed by atoms with Gasteiger partial charge >= 0.3 is 25.8 Å². The maximum absolute atomic E-state index is 9.00. The van der Waals surface area contributed by atoms with Gasteiger partial charge < -0.3 is 16.1 Å². The summed E-state index contributed by atoms with van der Waals surface area (Å²) in [6.45, 7) is 1.08. The summed E-state index contributed by atoms with van der Waals surface area (Å²) < 4.78 is 0. The minimum atomic E-state index is -0.833. The Morgan fingerprint density at radius 1 is 1.43 bits per heavy atom. The van der Waals surface area contributed by atoms with Gasteiger partial charge in [0.1, 0.15) is 0 Å². The normalized spacial score (nSPS) is 3.57. The SMILES string of the molecule is CC(=O)O.O.O.[InH3]. The Balaban J connectivity index is -0.0000000150. The van der Waals surface area contributed by atoms with E-state index in [1.807, 2.05) is 0 Å². The molecule has 0 bridgehead atoms. The summed E-state index contributed by atoms with van der Waals surface area (Å²) in [6.07, 6.45) is 0. The van der Waals surface area contributed by atoms with Crippen LogP contribution in [0.15, 0.2) is 0 Å². The Morgan fingerprint density at radius 2 is 1.43 bits per heavy atom. The summed E-state index contributed by atoms with van der Waals surface area (Å²) in [5, 5.41) is 7.42. The summed E-state index contributed by atoms with van der Waals surface area (Å²) in [5.41, 5.74) is 0. The average molecular weight is 214 g/mol. The third-order valence-electron chi connectivity index (χ3n) is 0. The van der Waals surface area contributed by atoms with E-state index in [0.29, 0.717) is 0 Å². The third-order valence-corrected chi connectivity index (χ3v) is 0. The first kappa shape index (κ1) is 26.8. The van der Waals surface area contributed by atoms with Crippen molar-refractivity contribution < 1.29 is 20.9 Å². The molecule has 0 aromatic rings. The van der Waals surface area contributed by atoms with Crippen molar-refractivity contribution in [1.29, 1.82) is 0 Å². The zero-order chi connectivity index (χ0) is 3.58. The van der Waals surface area contributed by atoms with Crippen molar-refractivity contribution in [1.82, 2.24) is 0 Å². The molecular weight excluding hydrogens is 203 g/mol. The Hall–Kier alpha value is 0.260. The summed E-state index contributed by atoms with van der Waals surface area (Å²) in [4.78, 5) is 9.00. The summed E-state index contributed by atoms with van der Waals surface area (Å²) in [6, 6.07) is 0. The minimum absolute atomic E-state index is 0. The van der Waals surface area contributed by atoms with E-state index < -0.39 is 5.97 Å². The molecule has 0 amide bonds. The molecule has 0 saturated carbocycles. The first-order chi connectivity index (χ1) is 1.73. The fourth-order valence-electron chi connectivity index (χ4n) is 0. The topological polar surface area (TPSA) is 100 Å². The molecule has 0 aliphatic carbocycles. The van der Waals surface area contributed by atoms with Crippen LogP contribution < -0.4 is 0 Å². The standard InChI is InChI=1S/C2H4O2.In.2H2O.3H/c1-2(3)4;;;;;;/h1H3,(H,3,4);;2*1H2;;;. The molecule has 0 aliphatic heterocycles. The second kappa shape index (κ2) is 16.3. The van der Waals surface area contributed by atoms with Gasteiger partial charge in [-0.3, -0.25) is 4.79 Å². The molecule has 0 fully saturated rings. The van der Waals surface area contributed by atoms with E-state index in [2.05, 4.69) is 0 Å². The molecule has 5 N–H and O–H groups in total. The molecule has 0 heterocycles. The van der Waals surface area contributed by atoms with Crippen molar-refractivity contribution >= 4 is 31.8 Å². The number of carboxylic acid groups (broad SMARTS) is 1. The van der Waals surface area contributed by atoms with E-state index in [1.165, 1.54) is 0 Å². The van der Waals surface area contributed by atoms with Crippen LogP contribution in [0.5, 0.6) is 0 Å². The van der Waals surface area contributed by atoms with Crippen LogP contribution in [-0.4, -0.2) is 47.9 Å². The molecule has 0 aromatic heterocycles. The number of hydrogen-bond donors (Lipinski definition) is 1. The van der Waals surface area contributed by atoms with Crippen molar-refractivity contribution in [2.75, 3.05) is 0 Å². The van der Waals surface area contributed by atoms with Gasteiger partial charge in [0.05, 0.1) is 0 Å². The average Bonchev–Trinajstić information content (AvgIpc) is 0.811. The molecule has 7 heavy (non-hydrogen) atoms. The van der Waals surface area contributed by atoms with Crippen LogP contribution in [0, 0.1) is 0 Å². The molecule has 0 spiro atoms. The molecule has 5 heteroatoms.